The summed E-state index contributed by atoms with van der Waals surface area (Å²) in [5, 5.41) is 0.989. The van der Waals surface area contributed by atoms with Crippen molar-refractivity contribution in [3.8, 4) is 11.5 Å². The molecule has 0 amide bonds. The highest BCUT2D eigenvalue weighted by Gasteiger charge is 2.07. The van der Waals surface area contributed by atoms with Crippen LogP contribution in [0.2, 0.25) is 10.0 Å². The lowest BCUT2D eigenvalue weighted by Crippen LogP contribution is -1.92. The van der Waals surface area contributed by atoms with Gasteiger partial charge in [-0.25, -0.2) is 0 Å². The summed E-state index contributed by atoms with van der Waals surface area (Å²) in [4.78, 5) is 4.36. The quantitative estimate of drug-likeness (QED) is 0.762. The predicted octanol–water partition coefficient (Wildman–Crippen LogP) is 4.76. The van der Waals surface area contributed by atoms with Gasteiger partial charge in [-0.1, -0.05) is 23.2 Å². The van der Waals surface area contributed by atoms with Crippen LogP contribution in [0.5, 0.6) is 11.5 Å². The molecular formula is C15H13Cl2NO2. The van der Waals surface area contributed by atoms with Gasteiger partial charge in [0.25, 0.3) is 0 Å². The first-order valence-electron chi connectivity index (χ1n) is 5.85. The molecule has 0 radical (unpaired) electrons. The fourth-order valence-corrected chi connectivity index (χ4v) is 2.29. The first-order valence-corrected chi connectivity index (χ1v) is 6.61. The highest BCUT2D eigenvalue weighted by molar-refractivity contribution is 6.36. The lowest BCUT2D eigenvalue weighted by atomic mass is 10.2. The van der Waals surface area contributed by atoms with E-state index in [-0.39, 0.29) is 0 Å². The summed E-state index contributed by atoms with van der Waals surface area (Å²) in [7, 11) is 3.18. The maximum atomic E-state index is 6.07. The minimum atomic E-state index is 0.455. The molecule has 0 atom stereocenters. The van der Waals surface area contributed by atoms with Gasteiger partial charge in [-0.2, -0.15) is 0 Å². The lowest BCUT2D eigenvalue weighted by Gasteiger charge is -2.07. The Hall–Kier alpha value is -1.71. The molecule has 3 nitrogen and oxygen atoms in total. The third-order valence-electron chi connectivity index (χ3n) is 2.67. The first kappa shape index (κ1) is 14.7. The Labute approximate surface area is 127 Å². The fraction of sp³-hybridized carbons (Fsp3) is 0.133. The summed E-state index contributed by atoms with van der Waals surface area (Å²) in [5.41, 5.74) is 1.52. The minimum Gasteiger partial charge on any atom is -0.497 e. The minimum absolute atomic E-state index is 0.455. The molecule has 0 aliphatic rings. The zero-order chi connectivity index (χ0) is 14.5. The van der Waals surface area contributed by atoms with Crippen LogP contribution in [0.15, 0.2) is 41.4 Å². The number of benzene rings is 2. The van der Waals surface area contributed by atoms with Crippen LogP contribution >= 0.6 is 23.2 Å². The third-order valence-corrected chi connectivity index (χ3v) is 3.17. The molecule has 2 rings (SSSR count). The lowest BCUT2D eigenvalue weighted by molar-refractivity contribution is 0.414. The third kappa shape index (κ3) is 3.44. The number of ether oxygens (including phenoxy) is 2. The molecule has 0 unspecified atom stereocenters. The molecule has 0 spiro atoms. The zero-order valence-electron chi connectivity index (χ0n) is 11.1. The van der Waals surface area contributed by atoms with Crippen molar-refractivity contribution in [3.05, 3.63) is 52.0 Å². The van der Waals surface area contributed by atoms with Gasteiger partial charge in [0, 0.05) is 16.8 Å². The summed E-state index contributed by atoms with van der Waals surface area (Å²) < 4.78 is 10.3. The SMILES string of the molecule is COc1ccc(N=Cc2cc(Cl)cc(Cl)c2OC)cc1. The number of halogens is 2. The molecular weight excluding hydrogens is 297 g/mol. The summed E-state index contributed by atoms with van der Waals surface area (Å²) in [6, 6.07) is 10.8. The second-order valence-corrected chi connectivity index (χ2v) is 4.81. The largest absolute Gasteiger partial charge is 0.497 e. The molecule has 0 bridgehead atoms. The molecule has 0 fully saturated rings. The maximum absolute atomic E-state index is 6.07. The monoisotopic (exact) mass is 309 g/mol. The summed E-state index contributed by atoms with van der Waals surface area (Å²) >= 11 is 12.1. The van der Waals surface area contributed by atoms with E-state index in [4.69, 9.17) is 32.7 Å². The van der Waals surface area contributed by atoms with Gasteiger partial charge in [0.1, 0.15) is 11.5 Å². The normalized spacial score (nSPS) is 10.8. The second kappa shape index (κ2) is 6.64. The summed E-state index contributed by atoms with van der Waals surface area (Å²) in [6.07, 6.45) is 1.67. The Morgan fingerprint density at radius 2 is 1.70 bits per heavy atom. The molecule has 2 aromatic carbocycles. The van der Waals surface area contributed by atoms with Gasteiger partial charge in [0.05, 0.1) is 24.9 Å². The van der Waals surface area contributed by atoms with E-state index in [1.54, 1.807) is 32.6 Å². The van der Waals surface area contributed by atoms with E-state index in [0.29, 0.717) is 15.8 Å². The van der Waals surface area contributed by atoms with Gasteiger partial charge < -0.3 is 9.47 Å². The first-order chi connectivity index (χ1) is 9.63. The Morgan fingerprint density at radius 3 is 2.30 bits per heavy atom. The highest BCUT2D eigenvalue weighted by atomic mass is 35.5. The predicted molar refractivity (Wildman–Crippen MR) is 83.3 cm³/mol. The molecule has 0 saturated carbocycles. The van der Waals surface area contributed by atoms with Crippen molar-refractivity contribution in [2.45, 2.75) is 0 Å². The molecule has 0 heterocycles. The topological polar surface area (TPSA) is 30.8 Å². The van der Waals surface area contributed by atoms with E-state index in [0.717, 1.165) is 17.0 Å². The number of hydrogen-bond acceptors (Lipinski definition) is 3. The summed E-state index contributed by atoms with van der Waals surface area (Å²) in [6.45, 7) is 0. The fourth-order valence-electron chi connectivity index (χ4n) is 1.70. The Bertz CT molecular complexity index is 625. The zero-order valence-corrected chi connectivity index (χ0v) is 12.6. The highest BCUT2D eigenvalue weighted by Crippen LogP contribution is 2.31. The van der Waals surface area contributed by atoms with Crippen molar-refractivity contribution in [1.82, 2.24) is 0 Å². The molecule has 0 aromatic heterocycles. The van der Waals surface area contributed by atoms with Crippen LogP contribution in [-0.4, -0.2) is 20.4 Å². The molecule has 2 aromatic rings. The van der Waals surface area contributed by atoms with Gasteiger partial charge in [-0.15, -0.1) is 0 Å². The van der Waals surface area contributed by atoms with E-state index < -0.39 is 0 Å². The van der Waals surface area contributed by atoms with Crippen LogP contribution in [-0.2, 0) is 0 Å². The number of methoxy groups -OCH3 is 2. The average Bonchev–Trinajstić information content (AvgIpc) is 2.45. The van der Waals surface area contributed by atoms with Crippen molar-refractivity contribution in [2.24, 2.45) is 4.99 Å². The standard InChI is InChI=1S/C15H13Cl2NO2/c1-19-13-5-3-12(4-6-13)18-9-10-7-11(16)8-14(17)15(10)20-2/h3-9H,1-2H3. The summed E-state index contributed by atoms with van der Waals surface area (Å²) in [5.74, 6) is 1.33. The molecule has 0 aliphatic carbocycles. The van der Waals surface area contributed by atoms with Crippen LogP contribution in [0.4, 0.5) is 5.69 Å². The number of nitrogens with zero attached hydrogens (tertiary/aromatic N) is 1. The number of rotatable bonds is 4. The van der Waals surface area contributed by atoms with Gasteiger partial charge >= 0.3 is 0 Å². The van der Waals surface area contributed by atoms with E-state index >= 15 is 0 Å². The molecule has 0 saturated heterocycles. The van der Waals surface area contributed by atoms with E-state index in [1.807, 2.05) is 24.3 Å². The molecule has 0 N–H and O–H groups in total. The van der Waals surface area contributed by atoms with Crippen molar-refractivity contribution >= 4 is 35.1 Å². The average molecular weight is 310 g/mol. The van der Waals surface area contributed by atoms with Crippen molar-refractivity contribution < 1.29 is 9.47 Å². The molecule has 104 valence electrons. The molecule has 5 heteroatoms. The second-order valence-electron chi connectivity index (χ2n) is 3.97. The number of hydrogen-bond donors (Lipinski definition) is 0. The smallest absolute Gasteiger partial charge is 0.146 e. The van der Waals surface area contributed by atoms with Crippen LogP contribution < -0.4 is 9.47 Å². The van der Waals surface area contributed by atoms with Crippen molar-refractivity contribution in [3.63, 3.8) is 0 Å². The Kier molecular flexibility index (Phi) is 4.88. The molecule has 20 heavy (non-hydrogen) atoms. The number of aliphatic imine (C=N–C) groups is 1. The van der Waals surface area contributed by atoms with E-state index in [1.165, 1.54) is 0 Å². The van der Waals surface area contributed by atoms with Crippen LogP contribution in [0.25, 0.3) is 0 Å². The Balaban J connectivity index is 2.30. The van der Waals surface area contributed by atoms with E-state index in [2.05, 4.69) is 4.99 Å². The molecule has 0 aliphatic heterocycles. The maximum Gasteiger partial charge on any atom is 0.146 e. The van der Waals surface area contributed by atoms with Crippen molar-refractivity contribution in [1.29, 1.82) is 0 Å². The Morgan fingerprint density at radius 1 is 1.00 bits per heavy atom. The van der Waals surface area contributed by atoms with Gasteiger partial charge in [-0.05, 0) is 36.4 Å². The van der Waals surface area contributed by atoms with E-state index in [9.17, 15) is 0 Å². The van der Waals surface area contributed by atoms with Crippen LogP contribution in [0.3, 0.4) is 0 Å². The van der Waals surface area contributed by atoms with Gasteiger partial charge in [0.2, 0.25) is 0 Å². The van der Waals surface area contributed by atoms with Crippen LogP contribution in [0, 0.1) is 0 Å². The van der Waals surface area contributed by atoms with Crippen LogP contribution in [0.1, 0.15) is 5.56 Å². The van der Waals surface area contributed by atoms with Gasteiger partial charge in [-0.3, -0.25) is 4.99 Å². The van der Waals surface area contributed by atoms with Crippen molar-refractivity contribution in [2.75, 3.05) is 14.2 Å². The van der Waals surface area contributed by atoms with Gasteiger partial charge in [0.15, 0.2) is 0 Å².